The zero-order valence-corrected chi connectivity index (χ0v) is 15.3. The van der Waals surface area contributed by atoms with Crippen molar-refractivity contribution in [3.05, 3.63) is 71.6 Å². The van der Waals surface area contributed by atoms with E-state index in [4.69, 9.17) is 4.42 Å². The number of hydrogen-bond donors (Lipinski definition) is 1. The quantitative estimate of drug-likeness (QED) is 0.606. The van der Waals surface area contributed by atoms with Gasteiger partial charge in [0.15, 0.2) is 11.6 Å². The predicted octanol–water partition coefficient (Wildman–Crippen LogP) is 4.42. The highest BCUT2D eigenvalue weighted by atomic mass is 32.2. The van der Waals surface area contributed by atoms with Gasteiger partial charge in [-0.1, -0.05) is 49.0 Å². The molecule has 27 heavy (non-hydrogen) atoms. The lowest BCUT2D eigenvalue weighted by Gasteiger charge is -2.08. The molecule has 0 aliphatic carbocycles. The van der Waals surface area contributed by atoms with E-state index in [1.54, 1.807) is 0 Å². The molecule has 0 saturated heterocycles. The summed E-state index contributed by atoms with van der Waals surface area (Å²) in [7, 11) is 0. The summed E-state index contributed by atoms with van der Waals surface area (Å²) in [5, 5.41) is 10.7. The van der Waals surface area contributed by atoms with Gasteiger partial charge in [0, 0.05) is 18.2 Å². The van der Waals surface area contributed by atoms with Crippen LogP contribution in [0.2, 0.25) is 0 Å². The maximum atomic E-state index is 13.1. The van der Waals surface area contributed by atoms with Crippen molar-refractivity contribution in [1.29, 1.82) is 0 Å². The van der Waals surface area contributed by atoms with Crippen molar-refractivity contribution in [2.75, 3.05) is 11.1 Å². The summed E-state index contributed by atoms with van der Waals surface area (Å²) in [6.45, 7) is 2.07. The van der Waals surface area contributed by atoms with Crippen molar-refractivity contribution in [1.82, 2.24) is 10.2 Å². The number of benzene rings is 2. The number of anilines is 1. The van der Waals surface area contributed by atoms with Gasteiger partial charge in [-0.3, -0.25) is 4.79 Å². The molecule has 2 aromatic carbocycles. The highest BCUT2D eigenvalue weighted by Crippen LogP contribution is 2.22. The van der Waals surface area contributed by atoms with Gasteiger partial charge >= 0.3 is 0 Å². The molecule has 3 aromatic rings. The van der Waals surface area contributed by atoms with Crippen molar-refractivity contribution < 1.29 is 18.0 Å². The molecule has 8 heteroatoms. The van der Waals surface area contributed by atoms with Gasteiger partial charge in [-0.15, -0.1) is 10.2 Å². The van der Waals surface area contributed by atoms with Crippen LogP contribution in [0, 0.1) is 11.6 Å². The molecule has 140 valence electrons. The number of thioether (sulfide) groups is 1. The maximum absolute atomic E-state index is 13.1. The third kappa shape index (κ3) is 5.37. The fourth-order valence-electron chi connectivity index (χ4n) is 2.44. The number of halogens is 2. The van der Waals surface area contributed by atoms with Crippen LogP contribution in [0.5, 0.6) is 0 Å². The van der Waals surface area contributed by atoms with E-state index in [0.29, 0.717) is 12.3 Å². The summed E-state index contributed by atoms with van der Waals surface area (Å²) >= 11 is 1.08. The first-order valence-electron chi connectivity index (χ1n) is 8.26. The zero-order chi connectivity index (χ0) is 19.2. The van der Waals surface area contributed by atoms with Gasteiger partial charge < -0.3 is 9.73 Å². The first kappa shape index (κ1) is 19.0. The lowest BCUT2D eigenvalue weighted by atomic mass is 9.98. The Morgan fingerprint density at radius 3 is 2.67 bits per heavy atom. The van der Waals surface area contributed by atoms with Crippen molar-refractivity contribution in [2.24, 2.45) is 0 Å². The number of nitrogens with one attached hydrogen (secondary N) is 1. The molecule has 1 amide bonds. The standard InChI is InChI=1S/C19H17F2N3O2S/c1-12(13-5-3-2-4-6-13)9-18-23-24-19(26-18)27-11-17(25)22-14-7-8-15(20)16(21)10-14/h2-8,10,12H,9,11H2,1H3,(H,22,25). The number of nitrogens with zero attached hydrogens (tertiary/aromatic N) is 2. The minimum Gasteiger partial charge on any atom is -0.416 e. The van der Waals surface area contributed by atoms with Gasteiger partial charge in [-0.2, -0.15) is 0 Å². The van der Waals surface area contributed by atoms with E-state index in [9.17, 15) is 13.6 Å². The first-order valence-corrected chi connectivity index (χ1v) is 9.25. The van der Waals surface area contributed by atoms with Gasteiger partial charge in [0.2, 0.25) is 11.8 Å². The Hall–Kier alpha value is -2.74. The molecule has 0 spiro atoms. The summed E-state index contributed by atoms with van der Waals surface area (Å²) in [5.74, 6) is -1.64. The molecule has 1 aromatic heterocycles. The molecule has 1 heterocycles. The Labute approximate surface area is 159 Å². The van der Waals surface area contributed by atoms with Crippen molar-refractivity contribution in [3.63, 3.8) is 0 Å². The minimum absolute atomic E-state index is 0.00880. The molecule has 0 aliphatic heterocycles. The average molecular weight is 389 g/mol. The number of rotatable bonds is 7. The number of aromatic nitrogens is 2. The van der Waals surface area contributed by atoms with Gasteiger partial charge in [0.05, 0.1) is 5.75 Å². The van der Waals surface area contributed by atoms with E-state index < -0.39 is 11.6 Å². The SMILES string of the molecule is CC(Cc1nnc(SCC(=O)Nc2ccc(F)c(F)c2)o1)c1ccccc1. The summed E-state index contributed by atoms with van der Waals surface area (Å²) < 4.78 is 31.6. The maximum Gasteiger partial charge on any atom is 0.277 e. The molecular formula is C19H17F2N3O2S. The number of carbonyl (C=O) groups is 1. The molecule has 0 aliphatic rings. The summed E-state index contributed by atoms with van der Waals surface area (Å²) in [4.78, 5) is 11.9. The molecule has 5 nitrogen and oxygen atoms in total. The first-order chi connectivity index (χ1) is 13.0. The van der Waals surface area contributed by atoms with Gasteiger partial charge in [0.25, 0.3) is 5.22 Å². The second kappa shape index (κ2) is 8.77. The zero-order valence-electron chi connectivity index (χ0n) is 14.5. The topological polar surface area (TPSA) is 68.0 Å². The van der Waals surface area contributed by atoms with Gasteiger partial charge in [-0.05, 0) is 23.6 Å². The second-order valence-electron chi connectivity index (χ2n) is 5.94. The minimum atomic E-state index is -1.02. The molecule has 1 atom stereocenters. The van der Waals surface area contributed by atoms with Crippen molar-refractivity contribution in [2.45, 2.75) is 24.5 Å². The second-order valence-corrected chi connectivity index (χ2v) is 6.87. The van der Waals surface area contributed by atoms with Crippen molar-refractivity contribution in [3.8, 4) is 0 Å². The fourth-order valence-corrected chi connectivity index (χ4v) is 3.02. The van der Waals surface area contributed by atoms with Crippen molar-refractivity contribution >= 4 is 23.4 Å². The summed E-state index contributed by atoms with van der Waals surface area (Å²) in [6.07, 6.45) is 0.596. The highest BCUT2D eigenvalue weighted by Gasteiger charge is 2.14. The lowest BCUT2D eigenvalue weighted by Crippen LogP contribution is -2.14. The third-order valence-corrected chi connectivity index (χ3v) is 4.65. The predicted molar refractivity (Wildman–Crippen MR) is 98.6 cm³/mol. The number of hydrogen-bond acceptors (Lipinski definition) is 5. The number of amides is 1. The van der Waals surface area contributed by atoms with E-state index in [1.165, 1.54) is 11.6 Å². The van der Waals surface area contributed by atoms with E-state index in [-0.39, 0.29) is 28.5 Å². The van der Waals surface area contributed by atoms with Crippen LogP contribution in [0.25, 0.3) is 0 Å². The third-order valence-electron chi connectivity index (χ3n) is 3.83. The van der Waals surface area contributed by atoms with Crippen LogP contribution in [0.4, 0.5) is 14.5 Å². The Bertz CT molecular complexity index is 918. The fraction of sp³-hybridized carbons (Fsp3) is 0.211. The van der Waals surface area contributed by atoms with Crippen LogP contribution in [0.3, 0.4) is 0 Å². The normalized spacial score (nSPS) is 12.0. The average Bonchev–Trinajstić information content (AvgIpc) is 3.11. The molecule has 3 rings (SSSR count). The summed E-state index contributed by atoms with van der Waals surface area (Å²) in [5.41, 5.74) is 1.36. The molecule has 0 bridgehead atoms. The largest absolute Gasteiger partial charge is 0.416 e. The highest BCUT2D eigenvalue weighted by molar-refractivity contribution is 7.99. The molecular weight excluding hydrogens is 372 g/mol. The molecule has 0 fully saturated rings. The van der Waals surface area contributed by atoms with E-state index in [0.717, 1.165) is 23.9 Å². The van der Waals surface area contributed by atoms with Crippen LogP contribution in [-0.4, -0.2) is 21.9 Å². The van der Waals surface area contributed by atoms with Crippen LogP contribution < -0.4 is 5.32 Å². The van der Waals surface area contributed by atoms with E-state index in [1.807, 2.05) is 30.3 Å². The van der Waals surface area contributed by atoms with Gasteiger partial charge in [-0.25, -0.2) is 8.78 Å². The smallest absolute Gasteiger partial charge is 0.277 e. The Morgan fingerprint density at radius 2 is 1.93 bits per heavy atom. The Kier molecular flexibility index (Phi) is 6.18. The molecule has 1 N–H and O–H groups in total. The van der Waals surface area contributed by atoms with Crippen LogP contribution in [-0.2, 0) is 11.2 Å². The van der Waals surface area contributed by atoms with E-state index >= 15 is 0 Å². The Morgan fingerprint density at radius 1 is 1.15 bits per heavy atom. The monoisotopic (exact) mass is 389 g/mol. The Balaban J connectivity index is 1.50. The molecule has 1 unspecified atom stereocenters. The lowest BCUT2D eigenvalue weighted by molar-refractivity contribution is -0.113. The van der Waals surface area contributed by atoms with Crippen LogP contribution >= 0.6 is 11.8 Å². The number of carbonyl (C=O) groups excluding carboxylic acids is 1. The van der Waals surface area contributed by atoms with Gasteiger partial charge in [0.1, 0.15) is 0 Å². The van der Waals surface area contributed by atoms with Crippen LogP contribution in [0.15, 0.2) is 58.2 Å². The molecule has 0 saturated carbocycles. The van der Waals surface area contributed by atoms with E-state index in [2.05, 4.69) is 22.4 Å². The molecule has 0 radical (unpaired) electrons. The van der Waals surface area contributed by atoms with Crippen LogP contribution in [0.1, 0.15) is 24.3 Å². The summed E-state index contributed by atoms with van der Waals surface area (Å²) in [6, 6.07) is 13.2.